The Morgan fingerprint density at radius 3 is 2.67 bits per heavy atom. The molecule has 0 bridgehead atoms. The molecule has 0 N–H and O–H groups in total. The molecule has 0 aliphatic rings. The first-order valence-electron chi connectivity index (χ1n) is 4.17. The number of hydrogen-bond acceptors (Lipinski definition) is 4. The number of benzene rings is 1. The smallest absolute Gasteiger partial charge is 0.235 e. The van der Waals surface area contributed by atoms with E-state index in [0.717, 1.165) is 0 Å². The lowest BCUT2D eigenvalue weighted by atomic mass is 10.1. The van der Waals surface area contributed by atoms with Crippen LogP contribution in [-0.2, 0) is 11.3 Å². The van der Waals surface area contributed by atoms with Crippen LogP contribution >= 0.6 is 11.6 Å². The third-order valence-corrected chi connectivity index (χ3v) is 2.19. The van der Waals surface area contributed by atoms with Crippen molar-refractivity contribution >= 4 is 17.7 Å². The van der Waals surface area contributed by atoms with Crippen LogP contribution < -0.4 is 9.47 Å². The van der Waals surface area contributed by atoms with Crippen LogP contribution in [0.2, 0.25) is 5.02 Å². The van der Waals surface area contributed by atoms with Gasteiger partial charge in [-0.25, -0.2) is 9.79 Å². The number of methoxy groups -OCH3 is 2. The molecule has 4 nitrogen and oxygen atoms in total. The van der Waals surface area contributed by atoms with Gasteiger partial charge in [0.2, 0.25) is 6.08 Å². The Bertz CT molecular complexity index is 400. The Morgan fingerprint density at radius 1 is 1.40 bits per heavy atom. The van der Waals surface area contributed by atoms with E-state index in [0.29, 0.717) is 22.1 Å². The maximum Gasteiger partial charge on any atom is 0.235 e. The number of nitrogens with zero attached hydrogens (tertiary/aromatic N) is 1. The molecule has 0 heterocycles. The van der Waals surface area contributed by atoms with Gasteiger partial charge in [-0.05, 0) is 12.1 Å². The minimum absolute atomic E-state index is 0.135. The predicted molar refractivity (Wildman–Crippen MR) is 56.4 cm³/mol. The molecule has 1 aromatic carbocycles. The van der Waals surface area contributed by atoms with E-state index < -0.39 is 0 Å². The van der Waals surface area contributed by atoms with Crippen molar-refractivity contribution in [3.05, 3.63) is 22.7 Å². The lowest BCUT2D eigenvalue weighted by Gasteiger charge is -2.12. The molecule has 0 spiro atoms. The van der Waals surface area contributed by atoms with Gasteiger partial charge in [0.1, 0.15) is 11.5 Å². The van der Waals surface area contributed by atoms with Crippen LogP contribution in [0.25, 0.3) is 0 Å². The summed E-state index contributed by atoms with van der Waals surface area (Å²) >= 11 is 5.92. The number of hydrogen-bond donors (Lipinski definition) is 0. The summed E-state index contributed by atoms with van der Waals surface area (Å²) < 4.78 is 10.2. The second-order valence-electron chi connectivity index (χ2n) is 2.67. The Hall–Kier alpha value is -1.51. The van der Waals surface area contributed by atoms with Gasteiger partial charge in [-0.3, -0.25) is 0 Å². The fourth-order valence-electron chi connectivity index (χ4n) is 1.25. The van der Waals surface area contributed by atoms with Crippen LogP contribution in [0.3, 0.4) is 0 Å². The van der Waals surface area contributed by atoms with Crippen LogP contribution in [-0.4, -0.2) is 20.3 Å². The Kier molecular flexibility index (Phi) is 4.16. The summed E-state index contributed by atoms with van der Waals surface area (Å²) in [5, 5.41) is 0.453. The molecule has 0 aliphatic carbocycles. The van der Waals surface area contributed by atoms with Gasteiger partial charge in [0.05, 0.1) is 31.4 Å². The summed E-state index contributed by atoms with van der Waals surface area (Å²) in [5.41, 5.74) is 0.635. The van der Waals surface area contributed by atoms with Crippen LogP contribution in [0, 0.1) is 0 Å². The second-order valence-corrected chi connectivity index (χ2v) is 3.08. The van der Waals surface area contributed by atoms with Gasteiger partial charge in [-0.1, -0.05) is 11.6 Å². The van der Waals surface area contributed by atoms with Gasteiger partial charge < -0.3 is 9.47 Å². The minimum Gasteiger partial charge on any atom is -0.496 e. The first-order chi connectivity index (χ1) is 7.24. The highest BCUT2D eigenvalue weighted by Gasteiger charge is 2.13. The van der Waals surface area contributed by atoms with Crippen LogP contribution in [0.5, 0.6) is 11.5 Å². The molecular weight excluding hydrogens is 218 g/mol. The van der Waals surface area contributed by atoms with Crippen molar-refractivity contribution in [3.8, 4) is 11.5 Å². The highest BCUT2D eigenvalue weighted by Crippen LogP contribution is 2.35. The standard InChI is InChI=1S/C10H10ClNO3/c1-14-9-4-3-8(11)10(15-2)7(9)5-12-6-13/h3-4H,5H2,1-2H3. The van der Waals surface area contributed by atoms with E-state index in [1.165, 1.54) is 20.3 Å². The fourth-order valence-corrected chi connectivity index (χ4v) is 1.51. The van der Waals surface area contributed by atoms with Crippen molar-refractivity contribution in [3.63, 3.8) is 0 Å². The maximum atomic E-state index is 10.1. The zero-order valence-corrected chi connectivity index (χ0v) is 9.17. The van der Waals surface area contributed by atoms with E-state index in [9.17, 15) is 4.79 Å². The van der Waals surface area contributed by atoms with Gasteiger partial charge in [-0.2, -0.15) is 0 Å². The summed E-state index contributed by atoms with van der Waals surface area (Å²) in [7, 11) is 3.02. The van der Waals surface area contributed by atoms with Gasteiger partial charge in [-0.15, -0.1) is 0 Å². The van der Waals surface area contributed by atoms with E-state index in [-0.39, 0.29) is 6.54 Å². The van der Waals surface area contributed by atoms with E-state index in [1.807, 2.05) is 0 Å². The van der Waals surface area contributed by atoms with Crippen LogP contribution in [0.4, 0.5) is 0 Å². The molecule has 5 heteroatoms. The predicted octanol–water partition coefficient (Wildman–Crippen LogP) is 2.19. The van der Waals surface area contributed by atoms with E-state index in [2.05, 4.69) is 4.99 Å². The number of ether oxygens (including phenoxy) is 2. The fraction of sp³-hybridized carbons (Fsp3) is 0.300. The molecule has 0 unspecified atom stereocenters. The van der Waals surface area contributed by atoms with Crippen molar-refractivity contribution in [1.82, 2.24) is 0 Å². The third kappa shape index (κ3) is 2.49. The monoisotopic (exact) mass is 227 g/mol. The molecule has 1 rings (SSSR count). The molecule has 0 atom stereocenters. The molecular formula is C10H10ClNO3. The SMILES string of the molecule is COc1ccc(Cl)c(OC)c1CN=C=O. The van der Waals surface area contributed by atoms with Gasteiger partial charge in [0, 0.05) is 0 Å². The zero-order chi connectivity index (χ0) is 11.3. The van der Waals surface area contributed by atoms with Gasteiger partial charge in [0.25, 0.3) is 0 Å². The van der Waals surface area contributed by atoms with Crippen LogP contribution in [0.1, 0.15) is 5.56 Å². The summed E-state index contributed by atoms with van der Waals surface area (Å²) in [6.07, 6.45) is 1.46. The summed E-state index contributed by atoms with van der Waals surface area (Å²) in [5.74, 6) is 1.05. The molecule has 0 saturated heterocycles. The molecule has 0 saturated carbocycles. The van der Waals surface area contributed by atoms with Crippen molar-refractivity contribution in [2.45, 2.75) is 6.54 Å². The summed E-state index contributed by atoms with van der Waals surface area (Å²) in [4.78, 5) is 13.5. The number of aliphatic imine (C=N–C) groups is 1. The maximum absolute atomic E-state index is 10.1. The lowest BCUT2D eigenvalue weighted by Crippen LogP contribution is -1.96. The van der Waals surface area contributed by atoms with Gasteiger partial charge >= 0.3 is 0 Å². The Morgan fingerprint density at radius 2 is 2.13 bits per heavy atom. The lowest BCUT2D eigenvalue weighted by molar-refractivity contribution is 0.386. The largest absolute Gasteiger partial charge is 0.496 e. The zero-order valence-electron chi connectivity index (χ0n) is 8.41. The van der Waals surface area contributed by atoms with E-state index in [4.69, 9.17) is 21.1 Å². The van der Waals surface area contributed by atoms with Crippen molar-refractivity contribution in [1.29, 1.82) is 0 Å². The molecule has 0 amide bonds. The van der Waals surface area contributed by atoms with E-state index in [1.54, 1.807) is 12.1 Å². The second kappa shape index (κ2) is 5.39. The van der Waals surface area contributed by atoms with Gasteiger partial charge in [0.15, 0.2) is 0 Å². The number of halogens is 1. The van der Waals surface area contributed by atoms with Crippen LogP contribution in [0.15, 0.2) is 17.1 Å². The van der Waals surface area contributed by atoms with Crippen molar-refractivity contribution in [2.24, 2.45) is 4.99 Å². The minimum atomic E-state index is 0.135. The number of isocyanates is 1. The molecule has 0 fully saturated rings. The normalized spacial score (nSPS) is 9.27. The third-order valence-electron chi connectivity index (χ3n) is 1.90. The van der Waals surface area contributed by atoms with Crippen molar-refractivity contribution < 1.29 is 14.3 Å². The first-order valence-corrected chi connectivity index (χ1v) is 4.55. The first kappa shape index (κ1) is 11.6. The van der Waals surface area contributed by atoms with E-state index >= 15 is 0 Å². The quantitative estimate of drug-likeness (QED) is 0.585. The molecule has 0 aromatic heterocycles. The highest BCUT2D eigenvalue weighted by atomic mass is 35.5. The Labute approximate surface area is 92.5 Å². The number of carbonyl (C=O) groups excluding carboxylic acids is 1. The Balaban J connectivity index is 3.26. The highest BCUT2D eigenvalue weighted by molar-refractivity contribution is 6.32. The summed E-state index contributed by atoms with van der Waals surface area (Å²) in [6.45, 7) is 0.135. The molecule has 0 radical (unpaired) electrons. The average molecular weight is 228 g/mol. The molecule has 0 aliphatic heterocycles. The molecule has 15 heavy (non-hydrogen) atoms. The van der Waals surface area contributed by atoms with Crippen molar-refractivity contribution in [2.75, 3.05) is 14.2 Å². The molecule has 80 valence electrons. The average Bonchev–Trinajstić information content (AvgIpc) is 2.26. The topological polar surface area (TPSA) is 47.9 Å². The number of rotatable bonds is 4. The molecule has 1 aromatic rings. The summed E-state index contributed by atoms with van der Waals surface area (Å²) in [6, 6.07) is 3.36.